The molecule has 49 heavy (non-hydrogen) atoms. The number of rotatable bonds is 4. The van der Waals surface area contributed by atoms with E-state index in [0.717, 1.165) is 93.9 Å². The molecule has 0 saturated heterocycles. The largest absolute Gasteiger partial charge is 0.0689 e. The number of benzene rings is 1. The molecule has 1 heteroatoms. The van der Waals surface area contributed by atoms with Gasteiger partial charge in [0.2, 0.25) is 0 Å². The highest BCUT2D eigenvalue weighted by molar-refractivity contribution is 6.80. The lowest BCUT2D eigenvalue weighted by atomic mass is 9.56. The van der Waals surface area contributed by atoms with Crippen molar-refractivity contribution in [1.82, 2.24) is 0 Å². The third-order valence-corrected chi connectivity index (χ3v) is 23.9. The molecule has 7 fully saturated rings. The first-order chi connectivity index (χ1) is 23.1. The third kappa shape index (κ3) is 6.03. The fourth-order valence-electron chi connectivity index (χ4n) is 17.0. The van der Waals surface area contributed by atoms with Crippen LogP contribution in [0.1, 0.15) is 162 Å². The second kappa shape index (κ2) is 12.8. The molecule has 274 valence electrons. The summed E-state index contributed by atoms with van der Waals surface area (Å²) in [5.41, 5.74) is 6.10. The van der Waals surface area contributed by atoms with Crippen molar-refractivity contribution >= 4 is 8.07 Å². The van der Waals surface area contributed by atoms with Gasteiger partial charge < -0.3 is 0 Å². The van der Waals surface area contributed by atoms with Crippen LogP contribution in [-0.2, 0) is 5.41 Å². The highest BCUT2D eigenvalue weighted by atomic mass is 28.3. The summed E-state index contributed by atoms with van der Waals surface area (Å²) in [6.07, 6.45) is 21.8. The van der Waals surface area contributed by atoms with Gasteiger partial charge in [0, 0.05) is 0 Å². The highest BCUT2D eigenvalue weighted by Crippen LogP contribution is 2.71. The van der Waals surface area contributed by atoms with Crippen molar-refractivity contribution in [3.8, 4) is 0 Å². The van der Waals surface area contributed by atoms with Gasteiger partial charge in [0.15, 0.2) is 0 Å². The Kier molecular flexibility index (Phi) is 9.26. The van der Waals surface area contributed by atoms with Crippen molar-refractivity contribution in [2.24, 2.45) is 82.3 Å². The topological polar surface area (TPSA) is 0 Å². The van der Waals surface area contributed by atoms with E-state index in [1.807, 2.05) is 0 Å². The number of hydrogen-bond acceptors (Lipinski definition) is 0. The van der Waals surface area contributed by atoms with Crippen LogP contribution >= 0.6 is 0 Å². The van der Waals surface area contributed by atoms with Crippen LogP contribution in [0.5, 0.6) is 0 Å². The Morgan fingerprint density at radius 2 is 1.06 bits per heavy atom. The van der Waals surface area contributed by atoms with Gasteiger partial charge in [-0.15, -0.1) is 0 Å². The smallest absolute Gasteiger partial charge is 0.0546 e. The van der Waals surface area contributed by atoms with E-state index in [1.54, 1.807) is 56.9 Å². The van der Waals surface area contributed by atoms with E-state index >= 15 is 0 Å². The van der Waals surface area contributed by atoms with E-state index in [-0.39, 0.29) is 5.41 Å². The molecule has 0 amide bonds. The average Bonchev–Trinajstić information content (AvgIpc) is 3.82. The second-order valence-corrected chi connectivity index (χ2v) is 28.1. The van der Waals surface area contributed by atoms with Crippen LogP contribution in [0.2, 0.25) is 24.2 Å². The molecule has 0 N–H and O–H groups in total. The first kappa shape index (κ1) is 35.5. The molecular weight excluding hydrogens is 605 g/mol. The minimum atomic E-state index is -1.55. The molecule has 1 aromatic carbocycles. The molecule has 12 unspecified atom stereocenters. The monoisotopic (exact) mass is 683 g/mol. The quantitative estimate of drug-likeness (QED) is 0.277. The van der Waals surface area contributed by atoms with E-state index in [0.29, 0.717) is 5.41 Å². The normalized spacial score (nSPS) is 47.1. The summed E-state index contributed by atoms with van der Waals surface area (Å²) in [4.78, 5) is 0. The van der Waals surface area contributed by atoms with Gasteiger partial charge in [0.05, 0.1) is 8.07 Å². The van der Waals surface area contributed by atoms with Gasteiger partial charge >= 0.3 is 0 Å². The summed E-state index contributed by atoms with van der Waals surface area (Å²) in [5.74, 6) is 14.0. The molecule has 0 aliphatic heterocycles. The minimum Gasteiger partial charge on any atom is -0.0689 e. The summed E-state index contributed by atoms with van der Waals surface area (Å²) in [7, 11) is -1.55. The van der Waals surface area contributed by atoms with Gasteiger partial charge in [-0.25, -0.2) is 0 Å². The van der Waals surface area contributed by atoms with Gasteiger partial charge in [-0.2, -0.15) is 0 Å². The van der Waals surface area contributed by atoms with Crippen LogP contribution in [0.25, 0.3) is 0 Å². The summed E-state index contributed by atoms with van der Waals surface area (Å²) in [5, 5.41) is 0. The van der Waals surface area contributed by atoms with Crippen LogP contribution in [0.3, 0.4) is 0 Å². The molecule has 7 aliphatic carbocycles. The van der Waals surface area contributed by atoms with Crippen LogP contribution in [0, 0.1) is 82.3 Å². The van der Waals surface area contributed by atoms with Crippen molar-refractivity contribution in [2.75, 3.05) is 0 Å². The van der Waals surface area contributed by atoms with Crippen molar-refractivity contribution in [3.05, 3.63) is 35.4 Å². The first-order valence-corrected chi connectivity index (χ1v) is 25.4. The Hall–Kier alpha value is -0.563. The van der Waals surface area contributed by atoms with Crippen molar-refractivity contribution in [3.63, 3.8) is 0 Å². The Morgan fingerprint density at radius 1 is 0.531 bits per heavy atom. The van der Waals surface area contributed by atoms with E-state index in [9.17, 15) is 0 Å². The van der Waals surface area contributed by atoms with E-state index < -0.39 is 8.07 Å². The lowest BCUT2D eigenvalue weighted by molar-refractivity contribution is 0.00160. The summed E-state index contributed by atoms with van der Waals surface area (Å²) in [6.45, 7) is 26.3. The lowest BCUT2D eigenvalue weighted by Crippen LogP contribution is -2.49. The maximum absolute atomic E-state index is 3.00. The molecule has 7 aliphatic rings. The number of fused-ring (bicyclic) bond motifs is 4. The number of hydrogen-bond donors (Lipinski definition) is 0. The zero-order chi connectivity index (χ0) is 34.6. The lowest BCUT2D eigenvalue weighted by Gasteiger charge is -2.53. The summed E-state index contributed by atoms with van der Waals surface area (Å²) >= 11 is 0. The molecule has 0 spiro atoms. The zero-order valence-corrected chi connectivity index (χ0v) is 34.9. The molecule has 0 bridgehead atoms. The predicted molar refractivity (Wildman–Crippen MR) is 214 cm³/mol. The molecule has 0 nitrogen and oxygen atoms in total. The van der Waals surface area contributed by atoms with E-state index in [1.165, 1.54) is 44.1 Å². The molecule has 0 radical (unpaired) electrons. The molecule has 8 rings (SSSR count). The molecule has 0 heterocycles. The Bertz CT molecular complexity index is 1300. The first-order valence-electron chi connectivity index (χ1n) is 22.2. The summed E-state index contributed by atoms with van der Waals surface area (Å²) in [6, 6.07) is 10.3. The Balaban J connectivity index is 1.07. The van der Waals surface area contributed by atoms with Crippen molar-refractivity contribution < 1.29 is 0 Å². The second-order valence-electron chi connectivity index (χ2n) is 23.1. The molecular formula is C48H78Si. The van der Waals surface area contributed by atoms with Gasteiger partial charge in [-0.05, 0) is 180 Å². The standard InChI is InChI=1S/C48H78Si/c1-29-25-39-41(27-33-13-11-15-37(33)43(39)31-17-21-35(22-18-31)47(3,4)5)45(29)49(9,10)46-30(2)26-40-42(46)28-34-14-12-16-38(34)44(40)32-19-23-36(24-20-32)48(6,7)8/h17-18,21-22,29-30,32-34,36-46H,11-16,19-20,23-28H2,1-10H3/t29-,30-,32?,33?,34?,36?,37?,38?,39?,40?,41?,42?,43?,44?,45?,46?/m0/s1. The fourth-order valence-corrected chi connectivity index (χ4v) is 23.6. The van der Waals surface area contributed by atoms with Crippen LogP contribution in [0.15, 0.2) is 24.3 Å². The van der Waals surface area contributed by atoms with Gasteiger partial charge in [0.25, 0.3) is 0 Å². The zero-order valence-electron chi connectivity index (χ0n) is 33.9. The van der Waals surface area contributed by atoms with Gasteiger partial charge in [-0.3, -0.25) is 0 Å². The SMILES string of the molecule is C[C@H]1CC2C(CC3CCCC3C2c2ccc(C(C)(C)C)cc2)C1[Si](C)(C)C1C2CC3CCCC3C(C3CCC(C(C)(C)C)CC3)C2C[C@@H]1C. The Morgan fingerprint density at radius 3 is 1.63 bits per heavy atom. The van der Waals surface area contributed by atoms with E-state index in [4.69, 9.17) is 0 Å². The molecule has 0 aromatic heterocycles. The maximum atomic E-state index is 3.00. The van der Waals surface area contributed by atoms with Crippen LogP contribution < -0.4 is 0 Å². The Labute approximate surface area is 305 Å². The predicted octanol–water partition coefficient (Wildman–Crippen LogP) is 14.2. The fraction of sp³-hybridized carbons (Fsp3) is 0.875. The molecule has 14 atom stereocenters. The summed E-state index contributed by atoms with van der Waals surface area (Å²) < 4.78 is 0. The average molecular weight is 683 g/mol. The van der Waals surface area contributed by atoms with Crippen LogP contribution in [0.4, 0.5) is 0 Å². The van der Waals surface area contributed by atoms with Crippen LogP contribution in [-0.4, -0.2) is 8.07 Å². The van der Waals surface area contributed by atoms with E-state index in [2.05, 4.69) is 92.7 Å². The van der Waals surface area contributed by atoms with Crippen molar-refractivity contribution in [1.29, 1.82) is 0 Å². The van der Waals surface area contributed by atoms with Crippen molar-refractivity contribution in [2.45, 2.75) is 181 Å². The molecule has 7 saturated carbocycles. The minimum absolute atomic E-state index is 0.241. The highest BCUT2D eigenvalue weighted by Gasteiger charge is 2.63. The van der Waals surface area contributed by atoms with Gasteiger partial charge in [-0.1, -0.05) is 118 Å². The maximum Gasteiger partial charge on any atom is 0.0546 e. The van der Waals surface area contributed by atoms with Gasteiger partial charge in [0.1, 0.15) is 0 Å². The molecule has 1 aromatic rings. The third-order valence-electron chi connectivity index (χ3n) is 18.5.